The predicted octanol–water partition coefficient (Wildman–Crippen LogP) is 0.753. The van der Waals surface area contributed by atoms with E-state index in [4.69, 9.17) is 0 Å². The van der Waals surface area contributed by atoms with Crippen molar-refractivity contribution in [2.45, 2.75) is 49.6 Å². The number of H-pyrrole nitrogens is 1. The monoisotopic (exact) mass is 596 g/mol. The lowest BCUT2D eigenvalue weighted by molar-refractivity contribution is -0.131. The van der Waals surface area contributed by atoms with Gasteiger partial charge in [-0.25, -0.2) is 9.48 Å². The number of likely N-dealkylation sites (tertiary alicyclic amines) is 1. The Morgan fingerprint density at radius 3 is 2.16 bits per heavy atom. The zero-order valence-electron chi connectivity index (χ0n) is 25.1. The first-order valence-corrected chi connectivity index (χ1v) is 15.0. The van der Waals surface area contributed by atoms with E-state index >= 15 is 0 Å². The van der Waals surface area contributed by atoms with Crippen LogP contribution in [0.3, 0.4) is 0 Å². The number of aryl methyl sites for hydroxylation is 3. The van der Waals surface area contributed by atoms with Crippen LogP contribution in [0.5, 0.6) is 0 Å². The zero-order chi connectivity index (χ0) is 31.2. The molecule has 0 radical (unpaired) electrons. The van der Waals surface area contributed by atoms with Crippen molar-refractivity contribution in [3.05, 3.63) is 86.1 Å². The van der Waals surface area contributed by atoms with Crippen LogP contribution in [-0.4, -0.2) is 76.7 Å². The topological polar surface area (TPSA) is 165 Å². The summed E-state index contributed by atoms with van der Waals surface area (Å²) in [6, 6.07) is 13.2. The summed E-state index contributed by atoms with van der Waals surface area (Å²) in [6.07, 6.45) is 3.32. The number of piperidine rings is 1. The fourth-order valence-corrected chi connectivity index (χ4v) is 7.15. The first kappa shape index (κ1) is 29.3. The Hall–Kier alpha value is -4.76. The van der Waals surface area contributed by atoms with Crippen LogP contribution in [0.15, 0.2) is 41.2 Å². The molecule has 1 saturated carbocycles. The molecule has 2 aliphatic carbocycles. The third kappa shape index (κ3) is 4.87. The van der Waals surface area contributed by atoms with Gasteiger partial charge in [0, 0.05) is 38.3 Å². The molecule has 44 heavy (non-hydrogen) atoms. The number of aromatic nitrogens is 3. The second-order valence-corrected chi connectivity index (χ2v) is 11.9. The van der Waals surface area contributed by atoms with Crippen LogP contribution in [0.1, 0.15) is 68.1 Å². The maximum Gasteiger partial charge on any atom is 0.343 e. The number of benzene rings is 2. The Balaban J connectivity index is 1.42. The number of carbonyl (C=O) groups is 3. The molecule has 0 spiro atoms. The molecular weight excluding hydrogens is 560 g/mol. The van der Waals surface area contributed by atoms with Crippen molar-refractivity contribution >= 4 is 17.7 Å². The fourth-order valence-electron chi connectivity index (χ4n) is 7.15. The van der Waals surface area contributed by atoms with Gasteiger partial charge in [0.15, 0.2) is 0 Å². The van der Waals surface area contributed by atoms with Gasteiger partial charge in [-0.2, -0.15) is 10.4 Å². The lowest BCUT2D eigenvalue weighted by atomic mass is 9.69. The third-order valence-corrected chi connectivity index (χ3v) is 9.44. The molecule has 1 unspecified atom stereocenters. The van der Waals surface area contributed by atoms with Gasteiger partial charge < -0.3 is 20.9 Å². The van der Waals surface area contributed by atoms with Crippen molar-refractivity contribution in [3.8, 4) is 6.07 Å². The summed E-state index contributed by atoms with van der Waals surface area (Å²) < 4.78 is 1.26. The number of nitriles is 1. The molecule has 1 aliphatic heterocycles. The highest BCUT2D eigenvalue weighted by Crippen LogP contribution is 2.48. The maximum absolute atomic E-state index is 13.2. The van der Waals surface area contributed by atoms with E-state index in [9.17, 15) is 24.4 Å². The number of nitrogens with one attached hydrogen (secondary N) is 4. The largest absolute Gasteiger partial charge is 0.355 e. The quantitative estimate of drug-likeness (QED) is 0.279. The van der Waals surface area contributed by atoms with Gasteiger partial charge in [-0.05, 0) is 91.1 Å². The van der Waals surface area contributed by atoms with E-state index in [2.05, 4.69) is 32.1 Å². The van der Waals surface area contributed by atoms with E-state index in [0.29, 0.717) is 48.7 Å². The minimum Gasteiger partial charge on any atom is -0.355 e. The summed E-state index contributed by atoms with van der Waals surface area (Å²) in [7, 11) is 4.76. The lowest BCUT2D eigenvalue weighted by Gasteiger charge is -2.35. The average Bonchev–Trinajstić information content (AvgIpc) is 3.61. The Morgan fingerprint density at radius 2 is 1.64 bits per heavy atom. The number of rotatable bonds is 8. The molecule has 12 nitrogen and oxygen atoms in total. The van der Waals surface area contributed by atoms with Gasteiger partial charge in [0.1, 0.15) is 11.9 Å². The molecule has 2 heterocycles. The normalized spacial score (nSPS) is 20.9. The molecule has 1 aromatic heterocycles. The second-order valence-electron chi connectivity index (χ2n) is 11.9. The summed E-state index contributed by atoms with van der Waals surface area (Å²) in [4.78, 5) is 55.9. The molecule has 3 amide bonds. The van der Waals surface area contributed by atoms with Crippen molar-refractivity contribution in [2.24, 2.45) is 13.0 Å². The van der Waals surface area contributed by atoms with Crippen LogP contribution in [0.25, 0.3) is 0 Å². The number of hydrogen-bond acceptors (Lipinski definition) is 7. The first-order chi connectivity index (χ1) is 21.2. The molecule has 12 heteroatoms. The molecule has 3 atom stereocenters. The Labute approximate surface area is 254 Å². The van der Waals surface area contributed by atoms with Crippen LogP contribution in [0, 0.1) is 17.2 Å². The number of fused-ring (bicyclic) bond motifs is 3. The number of nitrogens with zero attached hydrogens (tertiary/aromatic N) is 4. The van der Waals surface area contributed by atoms with Crippen LogP contribution >= 0.6 is 0 Å². The molecule has 228 valence electrons. The summed E-state index contributed by atoms with van der Waals surface area (Å²) in [5, 5.41) is 22.9. The van der Waals surface area contributed by atoms with E-state index in [1.807, 2.05) is 24.3 Å². The molecule has 6 rings (SSSR count). The summed E-state index contributed by atoms with van der Waals surface area (Å²) in [5.41, 5.74) is 3.35. The van der Waals surface area contributed by atoms with Crippen LogP contribution in [0.4, 0.5) is 0 Å². The Bertz CT molecular complexity index is 1680. The Morgan fingerprint density at radius 1 is 1.02 bits per heavy atom. The van der Waals surface area contributed by atoms with E-state index < -0.39 is 5.41 Å². The predicted molar refractivity (Wildman–Crippen MR) is 161 cm³/mol. The second kappa shape index (κ2) is 11.4. The lowest BCUT2D eigenvalue weighted by Crippen LogP contribution is -2.44. The van der Waals surface area contributed by atoms with Gasteiger partial charge in [0.25, 0.3) is 11.8 Å². The molecule has 4 N–H and O–H groups in total. The number of amides is 3. The molecule has 1 saturated heterocycles. The highest BCUT2D eigenvalue weighted by atomic mass is 16.2. The molecule has 0 bridgehead atoms. The van der Waals surface area contributed by atoms with Gasteiger partial charge in [0.05, 0.1) is 18.0 Å². The SMILES string of the molecule is CNC(=O)c1ccc2c(c1)CCc1cc(C(=O)NC)ccc1C2(CCNCC(=O)N1C(C#N)C[C@@H]2C[C@@H]21)c1nn(C)c(=O)[nH]1. The zero-order valence-corrected chi connectivity index (χ0v) is 25.1. The minimum absolute atomic E-state index is 0.0845. The smallest absolute Gasteiger partial charge is 0.343 e. The fraction of sp³-hybridized carbons (Fsp3) is 0.438. The average molecular weight is 597 g/mol. The molecule has 2 aromatic carbocycles. The molecule has 2 fully saturated rings. The third-order valence-electron chi connectivity index (χ3n) is 9.44. The van der Waals surface area contributed by atoms with E-state index in [0.717, 1.165) is 35.1 Å². The van der Waals surface area contributed by atoms with Crippen LogP contribution in [0.2, 0.25) is 0 Å². The van der Waals surface area contributed by atoms with Gasteiger partial charge in [-0.3, -0.25) is 19.4 Å². The highest BCUT2D eigenvalue weighted by molar-refractivity contribution is 5.95. The number of carbonyl (C=O) groups excluding carboxylic acids is 3. The summed E-state index contributed by atoms with van der Waals surface area (Å²) >= 11 is 0. The highest BCUT2D eigenvalue weighted by Gasteiger charge is 2.54. The van der Waals surface area contributed by atoms with E-state index in [-0.39, 0.29) is 42.0 Å². The Kier molecular flexibility index (Phi) is 7.59. The summed E-state index contributed by atoms with van der Waals surface area (Å²) in [6.45, 7) is 0.470. The van der Waals surface area contributed by atoms with E-state index in [1.54, 1.807) is 38.2 Å². The van der Waals surface area contributed by atoms with Crippen LogP contribution in [-0.2, 0) is 30.1 Å². The van der Waals surface area contributed by atoms with Crippen molar-refractivity contribution in [1.82, 2.24) is 35.6 Å². The summed E-state index contributed by atoms with van der Waals surface area (Å²) in [5.74, 6) is 0.376. The van der Waals surface area contributed by atoms with Gasteiger partial charge >= 0.3 is 5.69 Å². The molecule has 3 aliphatic rings. The van der Waals surface area contributed by atoms with Crippen molar-refractivity contribution in [3.63, 3.8) is 0 Å². The van der Waals surface area contributed by atoms with Crippen molar-refractivity contribution in [1.29, 1.82) is 5.26 Å². The molecular formula is C32H36N8O4. The van der Waals surface area contributed by atoms with Gasteiger partial charge in [-0.15, -0.1) is 0 Å². The van der Waals surface area contributed by atoms with E-state index in [1.165, 1.54) is 4.68 Å². The molecule has 3 aromatic rings. The minimum atomic E-state index is -0.968. The first-order valence-electron chi connectivity index (χ1n) is 15.0. The number of hydrogen-bond donors (Lipinski definition) is 4. The standard InChI is InChI=1S/C32H36N8O4/c1-34-28(42)20-6-8-24-18(12-20)4-5-19-13-21(29(43)35-2)7-9-25(19)32(24,30-37-31(44)39(3)38-30)10-11-36-17-27(41)40-23(16-33)14-22-15-26(22)40/h6-9,12-13,22-23,26,36H,4-5,10-11,14-15,17H2,1-3H3,(H,34,42)(H,35,43)(H,37,38,44)/t22-,23?,26+/m1/s1. The van der Waals surface area contributed by atoms with Gasteiger partial charge in [-0.1, -0.05) is 12.1 Å². The van der Waals surface area contributed by atoms with Crippen molar-refractivity contribution < 1.29 is 14.4 Å². The van der Waals surface area contributed by atoms with Crippen molar-refractivity contribution in [2.75, 3.05) is 27.2 Å². The van der Waals surface area contributed by atoms with Crippen LogP contribution < -0.4 is 21.6 Å². The van der Waals surface area contributed by atoms with Gasteiger partial charge in [0.2, 0.25) is 5.91 Å². The maximum atomic E-state index is 13.2. The number of aromatic amines is 1.